The van der Waals surface area contributed by atoms with Gasteiger partial charge >= 0.3 is 12.4 Å². The van der Waals surface area contributed by atoms with Gasteiger partial charge in [0, 0.05) is 11.5 Å². The van der Waals surface area contributed by atoms with Gasteiger partial charge in [-0.05, 0) is 18.2 Å². The van der Waals surface area contributed by atoms with Crippen molar-refractivity contribution >= 4 is 0 Å². The van der Waals surface area contributed by atoms with Crippen LogP contribution in [0.15, 0.2) is 28.9 Å². The Morgan fingerprint density at radius 3 is 1.77 bits per heavy atom. The number of hydrogen-bond donors (Lipinski definition) is 0. The Kier molecular flexibility index (Phi) is 3.97. The average Bonchev–Trinajstić information content (AvgIpc) is 2.85. The molecule has 0 bridgehead atoms. The normalized spacial score (nSPS) is 13.0. The Balaban J connectivity index is 2.59. The fraction of sp³-hybridized carbons (Fsp3) is 0.357. The number of hydrogen-bond acceptors (Lipinski definition) is 2. The molecular weight excluding hydrogens is 312 g/mol. The van der Waals surface area contributed by atoms with Gasteiger partial charge in [-0.25, -0.2) is 4.98 Å². The molecule has 0 atom stereocenters. The van der Waals surface area contributed by atoms with Gasteiger partial charge in [0.05, 0.1) is 11.1 Å². The first-order chi connectivity index (χ1) is 9.98. The van der Waals surface area contributed by atoms with E-state index in [1.165, 1.54) is 0 Å². The van der Waals surface area contributed by atoms with Crippen molar-refractivity contribution in [2.75, 3.05) is 0 Å². The molecule has 0 radical (unpaired) electrons. The van der Waals surface area contributed by atoms with Gasteiger partial charge in [0.15, 0.2) is 5.89 Å². The standard InChI is InChI=1S/C14H11F6NO/c1-7(2)12-21-11(6-22-12)8-3-9(13(15,16)17)5-10(4-8)14(18,19)20/h3-7H,1-2H3. The third-order valence-corrected chi connectivity index (χ3v) is 2.90. The molecule has 2 aromatic rings. The number of oxazole rings is 1. The average molecular weight is 323 g/mol. The molecule has 2 nitrogen and oxygen atoms in total. The summed E-state index contributed by atoms with van der Waals surface area (Å²) in [5, 5.41) is 0. The molecule has 0 fully saturated rings. The summed E-state index contributed by atoms with van der Waals surface area (Å²) in [6.07, 6.45) is -8.73. The number of alkyl halides is 6. The van der Waals surface area contributed by atoms with Crippen molar-refractivity contribution in [1.29, 1.82) is 0 Å². The van der Waals surface area contributed by atoms with Crippen LogP contribution >= 0.6 is 0 Å². The molecule has 0 aliphatic rings. The fourth-order valence-electron chi connectivity index (χ4n) is 1.79. The second-order valence-electron chi connectivity index (χ2n) is 5.02. The monoisotopic (exact) mass is 323 g/mol. The topological polar surface area (TPSA) is 26.0 Å². The summed E-state index contributed by atoms with van der Waals surface area (Å²) < 4.78 is 81.7. The van der Waals surface area contributed by atoms with Gasteiger partial charge < -0.3 is 4.42 Å². The maximum atomic E-state index is 12.8. The molecule has 2 rings (SSSR count). The molecule has 0 N–H and O–H groups in total. The van der Waals surface area contributed by atoms with Gasteiger partial charge in [-0.2, -0.15) is 26.3 Å². The second kappa shape index (κ2) is 5.33. The van der Waals surface area contributed by atoms with E-state index in [2.05, 4.69) is 4.98 Å². The van der Waals surface area contributed by atoms with Crippen LogP contribution in [0.4, 0.5) is 26.3 Å². The van der Waals surface area contributed by atoms with Crippen LogP contribution in [0.2, 0.25) is 0 Å². The van der Waals surface area contributed by atoms with Gasteiger partial charge in [0.1, 0.15) is 12.0 Å². The molecule has 1 heterocycles. The predicted molar refractivity (Wildman–Crippen MR) is 66.0 cm³/mol. The van der Waals surface area contributed by atoms with Gasteiger partial charge in [-0.1, -0.05) is 13.8 Å². The van der Waals surface area contributed by atoms with Crippen molar-refractivity contribution < 1.29 is 30.8 Å². The molecule has 0 amide bonds. The summed E-state index contributed by atoms with van der Waals surface area (Å²) in [5.74, 6) is 0.0996. The van der Waals surface area contributed by atoms with E-state index in [1.54, 1.807) is 13.8 Å². The van der Waals surface area contributed by atoms with Gasteiger partial charge in [0.2, 0.25) is 0 Å². The van der Waals surface area contributed by atoms with Gasteiger partial charge in [0.25, 0.3) is 0 Å². The van der Waals surface area contributed by atoms with Gasteiger partial charge in [-0.3, -0.25) is 0 Å². The molecule has 1 aromatic heterocycles. The first-order valence-corrected chi connectivity index (χ1v) is 6.24. The molecule has 0 aliphatic heterocycles. The van der Waals surface area contributed by atoms with Crippen LogP contribution in [0.5, 0.6) is 0 Å². The van der Waals surface area contributed by atoms with Crippen LogP contribution in [-0.4, -0.2) is 4.98 Å². The van der Waals surface area contributed by atoms with E-state index in [1.807, 2.05) is 0 Å². The highest BCUT2D eigenvalue weighted by atomic mass is 19.4. The van der Waals surface area contributed by atoms with E-state index in [9.17, 15) is 26.3 Å². The quantitative estimate of drug-likeness (QED) is 0.682. The molecule has 0 spiro atoms. The van der Waals surface area contributed by atoms with Gasteiger partial charge in [-0.15, -0.1) is 0 Å². The Hall–Kier alpha value is -1.99. The van der Waals surface area contributed by atoms with E-state index in [-0.39, 0.29) is 29.1 Å². The highest BCUT2D eigenvalue weighted by Crippen LogP contribution is 2.38. The minimum Gasteiger partial charge on any atom is -0.448 e. The second-order valence-corrected chi connectivity index (χ2v) is 5.02. The zero-order valence-corrected chi connectivity index (χ0v) is 11.5. The van der Waals surface area contributed by atoms with Crippen molar-refractivity contribution in [2.24, 2.45) is 0 Å². The molecule has 0 aliphatic carbocycles. The number of rotatable bonds is 2. The Morgan fingerprint density at radius 1 is 0.909 bits per heavy atom. The Bertz CT molecular complexity index is 636. The first-order valence-electron chi connectivity index (χ1n) is 6.24. The third-order valence-electron chi connectivity index (χ3n) is 2.90. The Labute approximate surface area is 121 Å². The predicted octanol–water partition coefficient (Wildman–Crippen LogP) is 5.50. The molecule has 1 aromatic carbocycles. The van der Waals surface area contributed by atoms with Crippen molar-refractivity contribution in [1.82, 2.24) is 4.98 Å². The van der Waals surface area contributed by atoms with E-state index in [0.717, 1.165) is 6.26 Å². The van der Waals surface area contributed by atoms with Crippen LogP contribution in [0.3, 0.4) is 0 Å². The molecule has 0 saturated carbocycles. The van der Waals surface area contributed by atoms with Crippen molar-refractivity contribution in [2.45, 2.75) is 32.1 Å². The van der Waals surface area contributed by atoms with Crippen molar-refractivity contribution in [3.05, 3.63) is 41.5 Å². The number of nitrogens with zero attached hydrogens (tertiary/aromatic N) is 1. The van der Waals surface area contributed by atoms with E-state index < -0.39 is 23.5 Å². The molecule has 8 heteroatoms. The summed E-state index contributed by atoms with van der Waals surface area (Å²) in [6.45, 7) is 3.48. The molecule has 22 heavy (non-hydrogen) atoms. The van der Waals surface area contributed by atoms with Crippen LogP contribution in [0.1, 0.15) is 36.8 Å². The van der Waals surface area contributed by atoms with E-state index in [0.29, 0.717) is 12.1 Å². The lowest BCUT2D eigenvalue weighted by Crippen LogP contribution is -2.11. The molecule has 0 saturated heterocycles. The summed E-state index contributed by atoms with van der Waals surface area (Å²) in [7, 11) is 0. The lowest BCUT2D eigenvalue weighted by Gasteiger charge is -2.13. The molecule has 120 valence electrons. The summed E-state index contributed by atoms with van der Waals surface area (Å²) >= 11 is 0. The van der Waals surface area contributed by atoms with Crippen LogP contribution in [0.25, 0.3) is 11.3 Å². The first kappa shape index (κ1) is 16.4. The highest BCUT2D eigenvalue weighted by Gasteiger charge is 2.37. The molecule has 0 unspecified atom stereocenters. The highest BCUT2D eigenvalue weighted by molar-refractivity contribution is 5.61. The van der Waals surface area contributed by atoms with Crippen LogP contribution in [0, 0.1) is 0 Å². The minimum absolute atomic E-state index is 0.0692. The van der Waals surface area contributed by atoms with Crippen LogP contribution in [-0.2, 0) is 12.4 Å². The lowest BCUT2D eigenvalue weighted by molar-refractivity contribution is -0.143. The zero-order valence-electron chi connectivity index (χ0n) is 11.5. The largest absolute Gasteiger partial charge is 0.448 e. The maximum absolute atomic E-state index is 12.8. The zero-order chi connectivity index (χ0) is 16.7. The molecular formula is C14H11F6NO. The maximum Gasteiger partial charge on any atom is 0.416 e. The third kappa shape index (κ3) is 3.42. The lowest BCUT2D eigenvalue weighted by atomic mass is 10.0. The summed E-state index contributed by atoms with van der Waals surface area (Å²) in [5.41, 5.74) is -3.13. The number of aromatic nitrogens is 1. The van der Waals surface area contributed by atoms with E-state index in [4.69, 9.17) is 4.42 Å². The minimum atomic E-state index is -4.89. The smallest absolute Gasteiger partial charge is 0.416 e. The Morgan fingerprint density at radius 2 is 1.41 bits per heavy atom. The number of benzene rings is 1. The van der Waals surface area contributed by atoms with E-state index >= 15 is 0 Å². The summed E-state index contributed by atoms with van der Waals surface area (Å²) in [4.78, 5) is 3.92. The fourth-order valence-corrected chi connectivity index (χ4v) is 1.79. The van der Waals surface area contributed by atoms with Crippen molar-refractivity contribution in [3.8, 4) is 11.3 Å². The summed E-state index contributed by atoms with van der Waals surface area (Å²) in [6, 6.07) is 1.32. The van der Waals surface area contributed by atoms with Crippen molar-refractivity contribution in [3.63, 3.8) is 0 Å². The SMILES string of the molecule is CC(C)c1nc(-c2cc(C(F)(F)F)cc(C(F)(F)F)c2)co1. The number of halogens is 6. The van der Waals surface area contributed by atoms with Crippen LogP contribution < -0.4 is 0 Å².